The number of ether oxygens (including phenoxy) is 4. The Morgan fingerprint density at radius 1 is 1.15 bits per heavy atom. The second kappa shape index (κ2) is 8.23. The summed E-state index contributed by atoms with van der Waals surface area (Å²) < 4.78 is 22.6. The van der Waals surface area contributed by atoms with Crippen LogP contribution >= 0.6 is 12.2 Å². The summed E-state index contributed by atoms with van der Waals surface area (Å²) in [5.74, 6) is -1.82. The molecule has 142 valence electrons. The van der Waals surface area contributed by atoms with Gasteiger partial charge in [0.15, 0.2) is 23.2 Å². The van der Waals surface area contributed by atoms with Gasteiger partial charge in [0.05, 0.1) is 0 Å². The molecule has 10 nitrogen and oxygen atoms in total. The van der Waals surface area contributed by atoms with Gasteiger partial charge in [-0.05, 0) is 12.2 Å². The summed E-state index contributed by atoms with van der Waals surface area (Å²) in [5, 5.41) is 0. The molecule has 1 N–H and O–H groups in total. The van der Waals surface area contributed by atoms with E-state index in [0.717, 1.165) is 0 Å². The van der Waals surface area contributed by atoms with Crippen LogP contribution in [-0.2, 0) is 33.3 Å². The van der Waals surface area contributed by atoms with Crippen molar-refractivity contribution in [1.29, 1.82) is 0 Å². The van der Waals surface area contributed by atoms with Crippen LogP contribution < -0.4 is 5.56 Å². The number of carbonyl (C=O) groups excluding carboxylic acids is 3. The molecule has 0 aliphatic carbocycles. The minimum absolute atomic E-state index is 0.0226. The number of aromatic nitrogens is 2. The third kappa shape index (κ3) is 4.76. The maximum atomic E-state index is 11.5. The van der Waals surface area contributed by atoms with E-state index in [-0.39, 0.29) is 11.4 Å². The van der Waals surface area contributed by atoms with E-state index in [4.69, 9.17) is 31.2 Å². The predicted molar refractivity (Wildman–Crippen MR) is 87.5 cm³/mol. The number of hydrogen-bond donors (Lipinski definition) is 1. The minimum atomic E-state index is -1.06. The van der Waals surface area contributed by atoms with Crippen LogP contribution in [0.15, 0.2) is 17.1 Å². The van der Waals surface area contributed by atoms with Crippen LogP contribution in [-0.4, -0.2) is 52.4 Å². The molecule has 1 saturated heterocycles. The molecule has 11 heteroatoms. The third-order valence-electron chi connectivity index (χ3n) is 3.47. The summed E-state index contributed by atoms with van der Waals surface area (Å²) in [6.45, 7) is 3.37. The fourth-order valence-corrected chi connectivity index (χ4v) is 2.81. The number of esters is 3. The Morgan fingerprint density at radius 2 is 1.77 bits per heavy atom. The molecular weight excluding hydrogens is 368 g/mol. The first-order chi connectivity index (χ1) is 12.2. The van der Waals surface area contributed by atoms with Gasteiger partial charge in [0.25, 0.3) is 5.56 Å². The Labute approximate surface area is 153 Å². The number of H-pyrrole nitrogens is 1. The Bertz CT molecular complexity index is 816. The zero-order valence-corrected chi connectivity index (χ0v) is 15.1. The smallest absolute Gasteiger partial charge is 0.303 e. The van der Waals surface area contributed by atoms with Gasteiger partial charge in [-0.15, -0.1) is 0 Å². The summed E-state index contributed by atoms with van der Waals surface area (Å²) in [6.07, 6.45) is -2.62. The molecular formula is C15H18N2O8S. The van der Waals surface area contributed by atoms with Gasteiger partial charge in [0.2, 0.25) is 0 Å². The Balaban J connectivity index is 2.41. The van der Waals surface area contributed by atoms with Crippen molar-refractivity contribution in [1.82, 2.24) is 9.55 Å². The third-order valence-corrected chi connectivity index (χ3v) is 3.78. The maximum Gasteiger partial charge on any atom is 0.303 e. The lowest BCUT2D eigenvalue weighted by Gasteiger charge is -2.24. The van der Waals surface area contributed by atoms with E-state index in [1.165, 1.54) is 37.6 Å². The predicted octanol–water partition coefficient (Wildman–Crippen LogP) is 0.230. The number of carbonyl (C=O) groups is 3. The highest BCUT2D eigenvalue weighted by molar-refractivity contribution is 7.71. The number of nitrogens with zero attached hydrogens (tertiary/aromatic N) is 1. The quantitative estimate of drug-likeness (QED) is 0.430. The van der Waals surface area contributed by atoms with Crippen molar-refractivity contribution in [3.05, 3.63) is 27.4 Å². The average molecular weight is 386 g/mol. The monoisotopic (exact) mass is 386 g/mol. The van der Waals surface area contributed by atoms with Crippen LogP contribution in [0.3, 0.4) is 0 Å². The summed E-state index contributed by atoms with van der Waals surface area (Å²) >= 11 is 5.11. The Kier molecular flexibility index (Phi) is 6.27. The zero-order valence-electron chi connectivity index (χ0n) is 14.3. The van der Waals surface area contributed by atoms with Crippen molar-refractivity contribution in [3.8, 4) is 0 Å². The van der Waals surface area contributed by atoms with Crippen molar-refractivity contribution in [2.24, 2.45) is 0 Å². The molecule has 0 aromatic carbocycles. The van der Waals surface area contributed by atoms with E-state index in [2.05, 4.69) is 4.98 Å². The fraction of sp³-hybridized carbons (Fsp3) is 0.533. The lowest BCUT2D eigenvalue weighted by Crippen LogP contribution is -2.40. The highest BCUT2D eigenvalue weighted by Crippen LogP contribution is 2.34. The van der Waals surface area contributed by atoms with Gasteiger partial charge < -0.3 is 18.9 Å². The molecule has 26 heavy (non-hydrogen) atoms. The molecule has 1 aromatic rings. The summed E-state index contributed by atoms with van der Waals surface area (Å²) in [7, 11) is 0. The highest BCUT2D eigenvalue weighted by atomic mass is 32.1. The van der Waals surface area contributed by atoms with Crippen LogP contribution in [0, 0.1) is 4.77 Å². The van der Waals surface area contributed by atoms with E-state index < -0.39 is 48.0 Å². The van der Waals surface area contributed by atoms with Gasteiger partial charge in [-0.2, -0.15) is 0 Å². The Hall–Kier alpha value is -2.53. The summed E-state index contributed by atoms with van der Waals surface area (Å²) in [5.41, 5.74) is -0.415. The molecule has 1 fully saturated rings. The SMILES string of the molecule is CC(=O)OC[C@@H]1O[C@H](n2ccc(=O)[nH]c2=S)[C@@H](OC(C)=O)[C@H]1OC(C)=O. The van der Waals surface area contributed by atoms with E-state index in [1.807, 2.05) is 0 Å². The number of rotatable bonds is 5. The standard InChI is InChI=1S/C15H18N2O8S/c1-7(18)22-6-10-12(23-8(2)19)13(24-9(3)20)14(25-10)17-5-4-11(21)16-15(17)26/h4-5,10,12-14H,6H2,1-3H3,(H,16,21,26)/t10-,12-,13-,14-/m0/s1. The second-order valence-corrected chi connectivity index (χ2v) is 5.92. The number of aromatic amines is 1. The minimum Gasteiger partial charge on any atom is -0.463 e. The van der Waals surface area contributed by atoms with Crippen LogP contribution in [0.2, 0.25) is 0 Å². The van der Waals surface area contributed by atoms with Crippen LogP contribution in [0.5, 0.6) is 0 Å². The van der Waals surface area contributed by atoms with Crippen molar-refractivity contribution < 1.29 is 33.3 Å². The molecule has 4 atom stereocenters. The van der Waals surface area contributed by atoms with Gasteiger partial charge in [-0.25, -0.2) is 0 Å². The van der Waals surface area contributed by atoms with E-state index in [0.29, 0.717) is 0 Å². The molecule has 1 aliphatic heterocycles. The van der Waals surface area contributed by atoms with Gasteiger partial charge in [0.1, 0.15) is 12.7 Å². The van der Waals surface area contributed by atoms with Crippen molar-refractivity contribution in [2.45, 2.75) is 45.3 Å². The van der Waals surface area contributed by atoms with Crippen molar-refractivity contribution >= 4 is 30.1 Å². The fourth-order valence-electron chi connectivity index (χ4n) is 2.54. The highest BCUT2D eigenvalue weighted by Gasteiger charge is 2.50. The first-order valence-corrected chi connectivity index (χ1v) is 8.04. The Morgan fingerprint density at radius 3 is 2.31 bits per heavy atom. The molecule has 0 radical (unpaired) electrons. The lowest BCUT2D eigenvalue weighted by molar-refractivity contribution is -0.166. The van der Waals surface area contributed by atoms with E-state index in [1.54, 1.807) is 0 Å². The average Bonchev–Trinajstić information content (AvgIpc) is 2.82. The van der Waals surface area contributed by atoms with Crippen molar-refractivity contribution in [2.75, 3.05) is 6.61 Å². The first kappa shape index (κ1) is 19.8. The van der Waals surface area contributed by atoms with Crippen LogP contribution in [0.1, 0.15) is 27.0 Å². The summed E-state index contributed by atoms with van der Waals surface area (Å²) in [4.78, 5) is 47.9. The second-order valence-electron chi connectivity index (χ2n) is 5.53. The molecule has 0 saturated carbocycles. The van der Waals surface area contributed by atoms with E-state index >= 15 is 0 Å². The van der Waals surface area contributed by atoms with Crippen LogP contribution in [0.25, 0.3) is 0 Å². The van der Waals surface area contributed by atoms with Crippen molar-refractivity contribution in [3.63, 3.8) is 0 Å². The van der Waals surface area contributed by atoms with Gasteiger partial charge in [-0.1, -0.05) is 0 Å². The van der Waals surface area contributed by atoms with Gasteiger partial charge in [-0.3, -0.25) is 28.7 Å². The van der Waals surface area contributed by atoms with E-state index in [9.17, 15) is 19.2 Å². The molecule has 1 aromatic heterocycles. The lowest BCUT2D eigenvalue weighted by atomic mass is 10.1. The normalized spacial score (nSPS) is 24.7. The molecule has 0 amide bonds. The number of hydrogen-bond acceptors (Lipinski definition) is 9. The maximum absolute atomic E-state index is 11.5. The van der Waals surface area contributed by atoms with Gasteiger partial charge >= 0.3 is 17.9 Å². The van der Waals surface area contributed by atoms with Gasteiger partial charge in [0, 0.05) is 33.0 Å². The topological polar surface area (TPSA) is 126 Å². The molecule has 0 spiro atoms. The summed E-state index contributed by atoms with van der Waals surface area (Å²) in [6, 6.07) is 1.21. The van der Waals surface area contributed by atoms with Crippen LogP contribution in [0.4, 0.5) is 0 Å². The number of nitrogens with one attached hydrogen (secondary N) is 1. The molecule has 0 unspecified atom stereocenters. The molecule has 2 heterocycles. The molecule has 1 aliphatic rings. The first-order valence-electron chi connectivity index (χ1n) is 7.63. The largest absolute Gasteiger partial charge is 0.463 e. The molecule has 0 bridgehead atoms. The molecule has 2 rings (SSSR count). The zero-order chi connectivity index (χ0) is 19.4.